The lowest BCUT2D eigenvalue weighted by molar-refractivity contribution is -0.144. The fourth-order valence-corrected chi connectivity index (χ4v) is 4.20. The van der Waals surface area contributed by atoms with Gasteiger partial charge in [-0.15, -0.1) is 0 Å². The normalized spacial score (nSPS) is 23.2. The molecule has 0 bridgehead atoms. The molecular weight excluding hydrogens is 324 g/mol. The SMILES string of the molecule is Cc1nn(CCO)c(C)c1CN1CCC2(CC1)NC(=O)C[C@@H]2C(=O)O. The first kappa shape index (κ1) is 17.9. The van der Waals surface area contributed by atoms with Crippen LogP contribution in [0, 0.1) is 19.8 Å². The number of carboxylic acids is 1. The van der Waals surface area contributed by atoms with Crippen LogP contribution < -0.4 is 5.32 Å². The third-order valence-electron chi connectivity index (χ3n) is 5.72. The van der Waals surface area contributed by atoms with Crippen molar-refractivity contribution in [3.05, 3.63) is 17.0 Å². The average Bonchev–Trinajstić information content (AvgIpc) is 3.02. The molecule has 2 aliphatic rings. The molecule has 8 heteroatoms. The molecular formula is C17H26N4O4. The van der Waals surface area contributed by atoms with Gasteiger partial charge >= 0.3 is 5.97 Å². The Balaban J connectivity index is 1.67. The molecule has 1 aromatic heterocycles. The number of carboxylic acid groups (broad SMARTS) is 1. The summed E-state index contributed by atoms with van der Waals surface area (Å²) < 4.78 is 1.83. The summed E-state index contributed by atoms with van der Waals surface area (Å²) in [5, 5.41) is 26.0. The van der Waals surface area contributed by atoms with Crippen molar-refractivity contribution in [3.63, 3.8) is 0 Å². The maximum atomic E-state index is 11.7. The summed E-state index contributed by atoms with van der Waals surface area (Å²) >= 11 is 0. The van der Waals surface area contributed by atoms with Crippen molar-refractivity contribution in [1.82, 2.24) is 20.0 Å². The van der Waals surface area contributed by atoms with Crippen LogP contribution in [0.25, 0.3) is 0 Å². The first-order valence-electron chi connectivity index (χ1n) is 8.76. The van der Waals surface area contributed by atoms with Crippen molar-refractivity contribution in [2.45, 2.75) is 51.7 Å². The molecule has 0 aromatic carbocycles. The predicted octanol–water partition coefficient (Wildman–Crippen LogP) is 0.0475. The summed E-state index contributed by atoms with van der Waals surface area (Å²) in [5.41, 5.74) is 2.59. The summed E-state index contributed by atoms with van der Waals surface area (Å²) in [7, 11) is 0. The molecule has 2 aliphatic heterocycles. The Morgan fingerprint density at radius 2 is 2.04 bits per heavy atom. The number of carbonyl (C=O) groups is 2. The van der Waals surface area contributed by atoms with Gasteiger partial charge in [0.2, 0.25) is 5.91 Å². The highest BCUT2D eigenvalue weighted by atomic mass is 16.4. The highest BCUT2D eigenvalue weighted by Gasteiger charge is 2.51. The molecule has 0 aliphatic carbocycles. The second kappa shape index (κ2) is 6.76. The number of hydrogen-bond acceptors (Lipinski definition) is 5. The van der Waals surface area contributed by atoms with Crippen LogP contribution in [0.15, 0.2) is 0 Å². The number of likely N-dealkylation sites (tertiary alicyclic amines) is 1. The summed E-state index contributed by atoms with van der Waals surface area (Å²) in [4.78, 5) is 25.5. The molecule has 3 rings (SSSR count). The minimum atomic E-state index is -0.885. The van der Waals surface area contributed by atoms with Crippen LogP contribution >= 0.6 is 0 Å². The number of aliphatic hydroxyl groups is 1. The third-order valence-corrected chi connectivity index (χ3v) is 5.72. The zero-order valence-corrected chi connectivity index (χ0v) is 14.8. The monoisotopic (exact) mass is 350 g/mol. The molecule has 1 spiro atoms. The van der Waals surface area contributed by atoms with Crippen LogP contribution in [-0.4, -0.2) is 62.0 Å². The number of hydrogen-bond donors (Lipinski definition) is 3. The van der Waals surface area contributed by atoms with Crippen molar-refractivity contribution in [3.8, 4) is 0 Å². The van der Waals surface area contributed by atoms with E-state index in [1.807, 2.05) is 18.5 Å². The lowest BCUT2D eigenvalue weighted by Gasteiger charge is -2.41. The molecule has 2 fully saturated rings. The first-order valence-corrected chi connectivity index (χ1v) is 8.76. The molecule has 0 saturated carbocycles. The number of aliphatic carboxylic acids is 1. The molecule has 1 amide bonds. The third kappa shape index (κ3) is 3.28. The van der Waals surface area contributed by atoms with E-state index >= 15 is 0 Å². The van der Waals surface area contributed by atoms with Gasteiger partial charge in [0.1, 0.15) is 0 Å². The minimum Gasteiger partial charge on any atom is -0.481 e. The van der Waals surface area contributed by atoms with Crippen molar-refractivity contribution in [2.24, 2.45) is 5.92 Å². The number of aryl methyl sites for hydroxylation is 1. The lowest BCUT2D eigenvalue weighted by Crippen LogP contribution is -2.55. The number of carbonyl (C=O) groups excluding carboxylic acids is 1. The summed E-state index contributed by atoms with van der Waals surface area (Å²) in [6, 6.07) is 0. The van der Waals surface area contributed by atoms with Crippen molar-refractivity contribution >= 4 is 11.9 Å². The molecule has 25 heavy (non-hydrogen) atoms. The standard InChI is InChI=1S/C17H26N4O4/c1-11-13(12(2)21(19-11)7-8-22)10-20-5-3-17(4-6-20)14(16(24)25)9-15(23)18-17/h14,22H,3-10H2,1-2H3,(H,18,23)(H,24,25)/t14-/m1/s1. The molecule has 8 nitrogen and oxygen atoms in total. The maximum Gasteiger partial charge on any atom is 0.309 e. The second-order valence-corrected chi connectivity index (χ2v) is 7.17. The highest BCUT2D eigenvalue weighted by Crippen LogP contribution is 2.37. The summed E-state index contributed by atoms with van der Waals surface area (Å²) in [6.07, 6.45) is 1.39. The molecule has 138 valence electrons. The van der Waals surface area contributed by atoms with Gasteiger partial charge in [0, 0.05) is 37.3 Å². The van der Waals surface area contributed by atoms with E-state index in [1.165, 1.54) is 0 Å². The van der Waals surface area contributed by atoms with Gasteiger partial charge in [-0.2, -0.15) is 5.10 Å². The van der Waals surface area contributed by atoms with Crippen molar-refractivity contribution in [1.29, 1.82) is 0 Å². The Kier molecular flexibility index (Phi) is 4.83. The van der Waals surface area contributed by atoms with Crippen molar-refractivity contribution < 1.29 is 19.8 Å². The van der Waals surface area contributed by atoms with Gasteiger partial charge in [-0.05, 0) is 26.7 Å². The van der Waals surface area contributed by atoms with Gasteiger partial charge in [0.05, 0.1) is 30.3 Å². The van der Waals surface area contributed by atoms with Gasteiger partial charge in [-0.3, -0.25) is 19.2 Å². The first-order chi connectivity index (χ1) is 11.9. The molecule has 1 aromatic rings. The Morgan fingerprint density at radius 1 is 1.36 bits per heavy atom. The molecule has 0 unspecified atom stereocenters. The number of rotatable bonds is 5. The number of piperidine rings is 1. The number of nitrogens with zero attached hydrogens (tertiary/aromatic N) is 3. The van der Waals surface area contributed by atoms with E-state index in [9.17, 15) is 14.7 Å². The summed E-state index contributed by atoms with van der Waals surface area (Å²) in [5.74, 6) is -1.67. The van der Waals surface area contributed by atoms with E-state index in [0.29, 0.717) is 19.4 Å². The Morgan fingerprint density at radius 3 is 2.64 bits per heavy atom. The van der Waals surface area contributed by atoms with Crippen LogP contribution in [0.2, 0.25) is 0 Å². The fraction of sp³-hybridized carbons (Fsp3) is 0.706. The van der Waals surface area contributed by atoms with E-state index in [4.69, 9.17) is 5.11 Å². The lowest BCUT2D eigenvalue weighted by atomic mass is 9.77. The number of aromatic nitrogens is 2. The zero-order chi connectivity index (χ0) is 18.2. The molecule has 0 radical (unpaired) electrons. The van der Waals surface area contributed by atoms with Gasteiger partial charge in [0.15, 0.2) is 0 Å². The molecule has 2 saturated heterocycles. The van der Waals surface area contributed by atoms with E-state index < -0.39 is 17.4 Å². The predicted molar refractivity (Wildman–Crippen MR) is 89.9 cm³/mol. The molecule has 3 N–H and O–H groups in total. The Hall–Kier alpha value is -1.93. The average molecular weight is 350 g/mol. The van der Waals surface area contributed by atoms with E-state index in [2.05, 4.69) is 15.3 Å². The number of nitrogens with one attached hydrogen (secondary N) is 1. The highest BCUT2D eigenvalue weighted by molar-refractivity contribution is 5.88. The molecule has 1 atom stereocenters. The smallest absolute Gasteiger partial charge is 0.309 e. The Bertz CT molecular complexity index is 676. The Labute approximate surface area is 146 Å². The van der Waals surface area contributed by atoms with Crippen LogP contribution in [0.4, 0.5) is 0 Å². The van der Waals surface area contributed by atoms with Crippen LogP contribution in [0.3, 0.4) is 0 Å². The maximum absolute atomic E-state index is 11.7. The van der Waals surface area contributed by atoms with Crippen LogP contribution in [0.5, 0.6) is 0 Å². The quantitative estimate of drug-likeness (QED) is 0.692. The number of aliphatic hydroxyl groups excluding tert-OH is 1. The second-order valence-electron chi connectivity index (χ2n) is 7.17. The van der Waals surface area contributed by atoms with E-state index in [1.54, 1.807) is 0 Å². The van der Waals surface area contributed by atoms with Gasteiger partial charge < -0.3 is 15.5 Å². The summed E-state index contributed by atoms with van der Waals surface area (Å²) in [6.45, 7) is 6.77. The van der Waals surface area contributed by atoms with Crippen molar-refractivity contribution in [2.75, 3.05) is 19.7 Å². The number of amides is 1. The minimum absolute atomic E-state index is 0.0594. The van der Waals surface area contributed by atoms with Crippen LogP contribution in [-0.2, 0) is 22.7 Å². The van der Waals surface area contributed by atoms with Gasteiger partial charge in [-0.1, -0.05) is 0 Å². The van der Waals surface area contributed by atoms with Gasteiger partial charge in [-0.25, -0.2) is 0 Å². The van der Waals surface area contributed by atoms with E-state index in [-0.39, 0.29) is 18.9 Å². The fourth-order valence-electron chi connectivity index (χ4n) is 4.20. The topological polar surface area (TPSA) is 108 Å². The largest absolute Gasteiger partial charge is 0.481 e. The van der Waals surface area contributed by atoms with Gasteiger partial charge in [0.25, 0.3) is 0 Å². The molecule has 3 heterocycles. The zero-order valence-electron chi connectivity index (χ0n) is 14.8. The van der Waals surface area contributed by atoms with Crippen LogP contribution in [0.1, 0.15) is 36.2 Å². The van der Waals surface area contributed by atoms with E-state index in [0.717, 1.165) is 36.6 Å².